The number of aryl methyl sites for hydroxylation is 1. The molecule has 1 amide bonds. The summed E-state index contributed by atoms with van der Waals surface area (Å²) in [4.78, 5) is 17.8. The fourth-order valence-corrected chi connectivity index (χ4v) is 1.79. The molecule has 0 bridgehead atoms. The van der Waals surface area contributed by atoms with Crippen molar-refractivity contribution >= 4 is 11.6 Å². The zero-order valence-electron chi connectivity index (χ0n) is 10.8. The van der Waals surface area contributed by atoms with E-state index in [2.05, 4.69) is 4.98 Å². The van der Waals surface area contributed by atoms with Gasteiger partial charge in [-0.15, -0.1) is 0 Å². The zero-order valence-corrected chi connectivity index (χ0v) is 10.8. The normalized spacial score (nSPS) is 10.5. The van der Waals surface area contributed by atoms with Gasteiger partial charge in [-0.25, -0.2) is 9.37 Å². The topological polar surface area (TPSA) is 64.2 Å². The van der Waals surface area contributed by atoms with Crippen LogP contribution in [0, 0.1) is 5.82 Å². The van der Waals surface area contributed by atoms with E-state index in [0.29, 0.717) is 6.54 Å². The summed E-state index contributed by atoms with van der Waals surface area (Å²) < 4.78 is 15.0. The molecule has 0 radical (unpaired) electrons. The van der Waals surface area contributed by atoms with Crippen LogP contribution in [0.15, 0.2) is 30.6 Å². The standard InChI is InChI=1S/C13H15FN4O/c1-17-4-3-16-12(17)8-18(2)13(19)9-5-10(14)7-11(15)6-9/h3-7H,8,15H2,1-2H3. The molecule has 0 saturated carbocycles. The first kappa shape index (κ1) is 13.1. The zero-order chi connectivity index (χ0) is 14.0. The highest BCUT2D eigenvalue weighted by atomic mass is 19.1. The van der Waals surface area contributed by atoms with Gasteiger partial charge in [-0.3, -0.25) is 4.79 Å². The summed E-state index contributed by atoms with van der Waals surface area (Å²) in [6, 6.07) is 3.81. The lowest BCUT2D eigenvalue weighted by Gasteiger charge is -2.17. The van der Waals surface area contributed by atoms with Gasteiger partial charge in [-0.1, -0.05) is 0 Å². The molecule has 0 aliphatic heterocycles. The van der Waals surface area contributed by atoms with E-state index in [1.165, 1.54) is 23.1 Å². The predicted molar refractivity (Wildman–Crippen MR) is 69.8 cm³/mol. The van der Waals surface area contributed by atoms with Crippen molar-refractivity contribution in [3.8, 4) is 0 Å². The van der Waals surface area contributed by atoms with Gasteiger partial charge >= 0.3 is 0 Å². The van der Waals surface area contributed by atoms with Crippen LogP contribution in [0.2, 0.25) is 0 Å². The van der Waals surface area contributed by atoms with E-state index in [1.807, 2.05) is 11.6 Å². The van der Waals surface area contributed by atoms with E-state index in [1.54, 1.807) is 19.4 Å². The van der Waals surface area contributed by atoms with Crippen molar-refractivity contribution < 1.29 is 9.18 Å². The van der Waals surface area contributed by atoms with Crippen LogP contribution in [0.1, 0.15) is 16.2 Å². The molecule has 100 valence electrons. The van der Waals surface area contributed by atoms with Gasteiger partial charge < -0.3 is 15.2 Å². The number of imidazole rings is 1. The van der Waals surface area contributed by atoms with Gasteiger partial charge in [0.15, 0.2) is 0 Å². The molecule has 1 aromatic carbocycles. The number of rotatable bonds is 3. The van der Waals surface area contributed by atoms with E-state index in [-0.39, 0.29) is 17.2 Å². The first-order chi connectivity index (χ1) is 8.97. The molecule has 6 heteroatoms. The van der Waals surface area contributed by atoms with Crippen LogP contribution < -0.4 is 5.73 Å². The van der Waals surface area contributed by atoms with Gasteiger partial charge in [0.1, 0.15) is 11.6 Å². The minimum Gasteiger partial charge on any atom is -0.399 e. The summed E-state index contributed by atoms with van der Waals surface area (Å²) >= 11 is 0. The Balaban J connectivity index is 2.17. The Morgan fingerprint density at radius 2 is 2.21 bits per heavy atom. The molecule has 0 aliphatic carbocycles. The number of benzene rings is 1. The van der Waals surface area contributed by atoms with Crippen molar-refractivity contribution in [2.24, 2.45) is 7.05 Å². The van der Waals surface area contributed by atoms with Crippen molar-refractivity contribution in [2.45, 2.75) is 6.54 Å². The maximum Gasteiger partial charge on any atom is 0.254 e. The largest absolute Gasteiger partial charge is 0.399 e. The molecule has 0 spiro atoms. The highest BCUT2D eigenvalue weighted by Crippen LogP contribution is 2.13. The first-order valence-electron chi connectivity index (χ1n) is 5.75. The number of carbonyl (C=O) groups is 1. The Labute approximate surface area is 110 Å². The summed E-state index contributed by atoms with van der Waals surface area (Å²) in [5.74, 6) is -0.0665. The van der Waals surface area contributed by atoms with Gasteiger partial charge in [-0.05, 0) is 18.2 Å². The Kier molecular flexibility index (Phi) is 3.50. The van der Waals surface area contributed by atoms with Crippen LogP contribution >= 0.6 is 0 Å². The molecule has 2 aromatic rings. The second kappa shape index (κ2) is 5.09. The van der Waals surface area contributed by atoms with Gasteiger partial charge in [0.2, 0.25) is 0 Å². The number of nitrogens with zero attached hydrogens (tertiary/aromatic N) is 3. The molecular weight excluding hydrogens is 247 g/mol. The lowest BCUT2D eigenvalue weighted by molar-refractivity contribution is 0.0780. The van der Waals surface area contributed by atoms with Gasteiger partial charge in [0.25, 0.3) is 5.91 Å². The molecule has 5 nitrogen and oxygen atoms in total. The first-order valence-corrected chi connectivity index (χ1v) is 5.75. The number of hydrogen-bond donors (Lipinski definition) is 1. The number of amides is 1. The number of nitrogen functional groups attached to an aromatic ring is 1. The number of anilines is 1. The predicted octanol–water partition coefficient (Wildman–Crippen LogP) is 1.41. The fourth-order valence-electron chi connectivity index (χ4n) is 1.79. The van der Waals surface area contributed by atoms with E-state index < -0.39 is 5.82 Å². The van der Waals surface area contributed by atoms with Crippen LogP contribution in [0.4, 0.5) is 10.1 Å². The Morgan fingerprint density at radius 3 is 2.79 bits per heavy atom. The van der Waals surface area contributed by atoms with E-state index in [0.717, 1.165) is 5.82 Å². The average molecular weight is 262 g/mol. The molecule has 19 heavy (non-hydrogen) atoms. The second-order valence-corrected chi connectivity index (χ2v) is 4.39. The third-order valence-electron chi connectivity index (χ3n) is 2.81. The highest BCUT2D eigenvalue weighted by Gasteiger charge is 2.15. The summed E-state index contributed by atoms with van der Waals surface area (Å²) in [6.07, 6.45) is 3.46. The van der Waals surface area contributed by atoms with Gasteiger partial charge in [0, 0.05) is 37.7 Å². The van der Waals surface area contributed by atoms with E-state index >= 15 is 0 Å². The minimum atomic E-state index is -0.520. The van der Waals surface area contributed by atoms with Crippen LogP contribution in [0.25, 0.3) is 0 Å². The van der Waals surface area contributed by atoms with Crippen LogP contribution in [-0.4, -0.2) is 27.4 Å². The van der Waals surface area contributed by atoms with Crippen molar-refractivity contribution in [1.82, 2.24) is 14.5 Å². The third kappa shape index (κ3) is 2.90. The lowest BCUT2D eigenvalue weighted by atomic mass is 10.1. The number of hydrogen-bond acceptors (Lipinski definition) is 3. The van der Waals surface area contributed by atoms with Crippen LogP contribution in [0.3, 0.4) is 0 Å². The molecule has 0 unspecified atom stereocenters. The van der Waals surface area contributed by atoms with Crippen molar-refractivity contribution in [2.75, 3.05) is 12.8 Å². The number of halogens is 1. The van der Waals surface area contributed by atoms with Crippen molar-refractivity contribution in [3.63, 3.8) is 0 Å². The summed E-state index contributed by atoms with van der Waals surface area (Å²) in [6.45, 7) is 0.346. The Bertz CT molecular complexity index is 588. The summed E-state index contributed by atoms with van der Waals surface area (Å²) in [7, 11) is 3.49. The highest BCUT2D eigenvalue weighted by molar-refractivity contribution is 5.94. The number of aromatic nitrogens is 2. The van der Waals surface area contributed by atoms with Gasteiger partial charge in [0.05, 0.1) is 6.54 Å². The Hall–Kier alpha value is -2.37. The molecule has 2 N–H and O–H groups in total. The molecular formula is C13H15FN4O. The maximum atomic E-state index is 13.2. The van der Waals surface area contributed by atoms with Crippen LogP contribution in [-0.2, 0) is 13.6 Å². The van der Waals surface area contributed by atoms with Crippen molar-refractivity contribution in [3.05, 3.63) is 47.8 Å². The molecule has 0 aliphatic rings. The third-order valence-corrected chi connectivity index (χ3v) is 2.81. The molecule has 1 heterocycles. The van der Waals surface area contributed by atoms with Gasteiger partial charge in [-0.2, -0.15) is 0 Å². The SMILES string of the molecule is CN(Cc1nccn1C)C(=O)c1cc(N)cc(F)c1. The number of nitrogens with two attached hydrogens (primary N) is 1. The molecule has 2 rings (SSSR count). The van der Waals surface area contributed by atoms with E-state index in [9.17, 15) is 9.18 Å². The minimum absolute atomic E-state index is 0.230. The smallest absolute Gasteiger partial charge is 0.254 e. The lowest BCUT2D eigenvalue weighted by Crippen LogP contribution is -2.27. The summed E-state index contributed by atoms with van der Waals surface area (Å²) in [5.41, 5.74) is 5.99. The molecule has 1 aromatic heterocycles. The van der Waals surface area contributed by atoms with Crippen molar-refractivity contribution in [1.29, 1.82) is 0 Å². The molecule has 0 atom stereocenters. The number of carbonyl (C=O) groups excluding carboxylic acids is 1. The van der Waals surface area contributed by atoms with Crippen LogP contribution in [0.5, 0.6) is 0 Å². The van der Waals surface area contributed by atoms with E-state index in [4.69, 9.17) is 5.73 Å². The monoisotopic (exact) mass is 262 g/mol. The molecule has 0 fully saturated rings. The maximum absolute atomic E-state index is 13.2. The average Bonchev–Trinajstić information content (AvgIpc) is 2.72. The quantitative estimate of drug-likeness (QED) is 0.851. The molecule has 0 saturated heterocycles. The Morgan fingerprint density at radius 1 is 1.47 bits per heavy atom. The fraction of sp³-hybridized carbons (Fsp3) is 0.231. The second-order valence-electron chi connectivity index (χ2n) is 4.39. The summed E-state index contributed by atoms with van der Waals surface area (Å²) in [5, 5.41) is 0.